The van der Waals surface area contributed by atoms with Crippen LogP contribution in [0.4, 0.5) is 5.69 Å². The molecule has 1 atom stereocenters. The molecule has 1 unspecified atom stereocenters. The van der Waals surface area contributed by atoms with E-state index in [1.54, 1.807) is 41.3 Å². The third-order valence-electron chi connectivity index (χ3n) is 6.96. The van der Waals surface area contributed by atoms with Crippen molar-refractivity contribution >= 4 is 27.5 Å². The van der Waals surface area contributed by atoms with E-state index >= 15 is 0 Å². The molecule has 8 heteroatoms. The minimum absolute atomic E-state index is 0.0411. The zero-order valence-corrected chi connectivity index (χ0v) is 20.7. The summed E-state index contributed by atoms with van der Waals surface area (Å²) in [6.45, 7) is 4.85. The van der Waals surface area contributed by atoms with Gasteiger partial charge in [-0.15, -0.1) is 0 Å². The maximum atomic E-state index is 13.2. The molecule has 2 aromatic carbocycles. The first kappa shape index (κ1) is 24.3. The SMILES string of the molecule is CC1CCCN(C(=O)C2CCN(C(=O)c3cccc(S(=O)(=O)N(C)c4ccccc4)c3)CC2)C1. The fraction of sp³-hybridized carbons (Fsp3) is 0.462. The van der Waals surface area contributed by atoms with E-state index in [9.17, 15) is 18.0 Å². The number of rotatable bonds is 5. The number of piperidine rings is 2. The number of carbonyl (C=O) groups is 2. The maximum Gasteiger partial charge on any atom is 0.264 e. The third-order valence-corrected chi connectivity index (χ3v) is 8.74. The molecule has 182 valence electrons. The van der Waals surface area contributed by atoms with Gasteiger partial charge in [-0.25, -0.2) is 8.42 Å². The Kier molecular flexibility index (Phi) is 7.26. The topological polar surface area (TPSA) is 78.0 Å². The summed E-state index contributed by atoms with van der Waals surface area (Å²) >= 11 is 0. The molecule has 0 bridgehead atoms. The van der Waals surface area contributed by atoms with E-state index in [0.29, 0.717) is 43.1 Å². The summed E-state index contributed by atoms with van der Waals surface area (Å²) in [5, 5.41) is 0. The number of sulfonamides is 1. The van der Waals surface area contributed by atoms with Crippen LogP contribution in [-0.4, -0.2) is 63.3 Å². The zero-order chi connectivity index (χ0) is 24.3. The summed E-state index contributed by atoms with van der Waals surface area (Å²) in [6, 6.07) is 15.0. The first-order valence-electron chi connectivity index (χ1n) is 12.0. The van der Waals surface area contributed by atoms with Gasteiger partial charge >= 0.3 is 0 Å². The van der Waals surface area contributed by atoms with Crippen LogP contribution in [0, 0.1) is 11.8 Å². The van der Waals surface area contributed by atoms with Crippen LogP contribution in [0.5, 0.6) is 0 Å². The second-order valence-electron chi connectivity index (χ2n) is 9.43. The van der Waals surface area contributed by atoms with Crippen molar-refractivity contribution in [3.05, 3.63) is 60.2 Å². The van der Waals surface area contributed by atoms with Crippen molar-refractivity contribution in [1.82, 2.24) is 9.80 Å². The van der Waals surface area contributed by atoms with Crippen molar-refractivity contribution in [2.75, 3.05) is 37.5 Å². The lowest BCUT2D eigenvalue weighted by molar-refractivity contribution is -0.138. The number of hydrogen-bond acceptors (Lipinski definition) is 4. The summed E-state index contributed by atoms with van der Waals surface area (Å²) in [5.41, 5.74) is 0.895. The van der Waals surface area contributed by atoms with Crippen molar-refractivity contribution in [2.24, 2.45) is 11.8 Å². The molecule has 2 amide bonds. The number of amides is 2. The van der Waals surface area contributed by atoms with Gasteiger partial charge in [-0.1, -0.05) is 31.2 Å². The van der Waals surface area contributed by atoms with Gasteiger partial charge in [-0.2, -0.15) is 0 Å². The van der Waals surface area contributed by atoms with E-state index < -0.39 is 10.0 Å². The summed E-state index contributed by atoms with van der Waals surface area (Å²) in [7, 11) is -2.30. The summed E-state index contributed by atoms with van der Waals surface area (Å²) in [6.07, 6.45) is 3.52. The van der Waals surface area contributed by atoms with Gasteiger partial charge in [0.1, 0.15) is 0 Å². The van der Waals surface area contributed by atoms with Gasteiger partial charge in [-0.05, 0) is 61.9 Å². The van der Waals surface area contributed by atoms with Crippen molar-refractivity contribution in [3.8, 4) is 0 Å². The summed E-state index contributed by atoms with van der Waals surface area (Å²) in [4.78, 5) is 29.9. The van der Waals surface area contributed by atoms with Gasteiger partial charge < -0.3 is 9.80 Å². The molecule has 0 saturated carbocycles. The van der Waals surface area contributed by atoms with Crippen molar-refractivity contribution < 1.29 is 18.0 Å². The van der Waals surface area contributed by atoms with Crippen LogP contribution in [0.1, 0.15) is 43.0 Å². The zero-order valence-electron chi connectivity index (χ0n) is 19.9. The van der Waals surface area contributed by atoms with Gasteiger partial charge in [0.05, 0.1) is 10.6 Å². The van der Waals surface area contributed by atoms with Crippen molar-refractivity contribution in [1.29, 1.82) is 0 Å². The Labute approximate surface area is 202 Å². The first-order chi connectivity index (χ1) is 16.3. The molecule has 2 heterocycles. The molecule has 0 N–H and O–H groups in total. The minimum atomic E-state index is -3.80. The average molecular weight is 484 g/mol. The monoisotopic (exact) mass is 483 g/mol. The minimum Gasteiger partial charge on any atom is -0.342 e. The molecule has 2 saturated heterocycles. The van der Waals surface area contributed by atoms with Crippen LogP contribution in [0.15, 0.2) is 59.5 Å². The van der Waals surface area contributed by atoms with Crippen molar-refractivity contribution in [2.45, 2.75) is 37.5 Å². The lowest BCUT2D eigenvalue weighted by Gasteiger charge is -2.37. The fourth-order valence-corrected chi connectivity index (χ4v) is 6.13. The number of benzene rings is 2. The molecule has 0 aromatic heterocycles. The highest BCUT2D eigenvalue weighted by Gasteiger charge is 2.32. The molecule has 2 fully saturated rings. The largest absolute Gasteiger partial charge is 0.342 e. The summed E-state index contributed by atoms with van der Waals surface area (Å²) in [5.74, 6) is 0.525. The van der Waals surface area contributed by atoms with Crippen LogP contribution in [0.25, 0.3) is 0 Å². The van der Waals surface area contributed by atoms with Gasteiger partial charge in [0.15, 0.2) is 0 Å². The highest BCUT2D eigenvalue weighted by molar-refractivity contribution is 7.92. The molecule has 4 rings (SSSR count). The van der Waals surface area contributed by atoms with Gasteiger partial charge in [0.25, 0.3) is 15.9 Å². The van der Waals surface area contributed by atoms with Gasteiger partial charge in [0, 0.05) is 44.7 Å². The smallest absolute Gasteiger partial charge is 0.264 e. The number of hydrogen-bond donors (Lipinski definition) is 0. The quantitative estimate of drug-likeness (QED) is 0.651. The Morgan fingerprint density at radius 2 is 1.62 bits per heavy atom. The number of para-hydroxylation sites is 1. The molecule has 0 spiro atoms. The van der Waals surface area contributed by atoms with E-state index in [-0.39, 0.29) is 22.6 Å². The van der Waals surface area contributed by atoms with Crippen LogP contribution >= 0.6 is 0 Å². The molecule has 2 aliphatic rings. The van der Waals surface area contributed by atoms with Crippen LogP contribution in [0.2, 0.25) is 0 Å². The second-order valence-corrected chi connectivity index (χ2v) is 11.4. The number of carbonyl (C=O) groups excluding carboxylic acids is 2. The highest BCUT2D eigenvalue weighted by Crippen LogP contribution is 2.26. The molecular weight excluding hydrogens is 450 g/mol. The van der Waals surface area contributed by atoms with Gasteiger partial charge in [0.2, 0.25) is 5.91 Å². The van der Waals surface area contributed by atoms with Crippen LogP contribution < -0.4 is 4.31 Å². The Balaban J connectivity index is 1.41. The molecule has 7 nitrogen and oxygen atoms in total. The molecular formula is C26H33N3O4S. The molecule has 2 aliphatic heterocycles. The van der Waals surface area contributed by atoms with Crippen molar-refractivity contribution in [3.63, 3.8) is 0 Å². The Bertz CT molecular complexity index is 1130. The standard InChI is InChI=1S/C26H33N3O4S/c1-20-8-7-15-29(19-20)25(30)21-13-16-28(17-14-21)26(31)22-9-6-12-24(18-22)34(32,33)27(2)23-10-4-3-5-11-23/h3-6,9-12,18,20-21H,7-8,13-17,19H2,1-2H3. The third kappa shape index (κ3) is 5.12. The number of nitrogens with zero attached hydrogens (tertiary/aromatic N) is 3. The Morgan fingerprint density at radius 1 is 0.912 bits per heavy atom. The molecule has 0 radical (unpaired) electrons. The second kappa shape index (κ2) is 10.2. The predicted octanol–water partition coefficient (Wildman–Crippen LogP) is 3.62. The number of anilines is 1. The lowest BCUT2D eigenvalue weighted by atomic mass is 9.92. The highest BCUT2D eigenvalue weighted by atomic mass is 32.2. The van der Waals surface area contributed by atoms with Crippen LogP contribution in [-0.2, 0) is 14.8 Å². The lowest BCUT2D eigenvalue weighted by Crippen LogP contribution is -2.47. The van der Waals surface area contributed by atoms with Gasteiger partial charge in [-0.3, -0.25) is 13.9 Å². The van der Waals surface area contributed by atoms with E-state index in [1.165, 1.54) is 29.9 Å². The molecule has 2 aromatic rings. The van der Waals surface area contributed by atoms with Crippen LogP contribution in [0.3, 0.4) is 0 Å². The Hall–Kier alpha value is -2.87. The normalized spacial score (nSPS) is 19.6. The predicted molar refractivity (Wildman–Crippen MR) is 132 cm³/mol. The Morgan fingerprint density at radius 3 is 2.29 bits per heavy atom. The summed E-state index contributed by atoms with van der Waals surface area (Å²) < 4.78 is 27.5. The van der Waals surface area contributed by atoms with E-state index in [1.807, 2.05) is 11.0 Å². The number of likely N-dealkylation sites (tertiary alicyclic amines) is 2. The van der Waals surface area contributed by atoms with E-state index in [4.69, 9.17) is 0 Å². The fourth-order valence-electron chi connectivity index (χ4n) is 4.88. The molecule has 0 aliphatic carbocycles. The first-order valence-corrected chi connectivity index (χ1v) is 13.4. The maximum absolute atomic E-state index is 13.2. The average Bonchev–Trinajstić information content (AvgIpc) is 2.88. The van der Waals surface area contributed by atoms with E-state index in [0.717, 1.165) is 19.5 Å². The van der Waals surface area contributed by atoms with E-state index in [2.05, 4.69) is 6.92 Å². The molecule has 34 heavy (non-hydrogen) atoms.